The summed E-state index contributed by atoms with van der Waals surface area (Å²) in [5.41, 5.74) is 7.08. The molecule has 0 saturated heterocycles. The van der Waals surface area contributed by atoms with E-state index in [-0.39, 0.29) is 0 Å². The van der Waals surface area contributed by atoms with Crippen LogP contribution in [-0.4, -0.2) is 0 Å². The number of hydrogen-bond donors (Lipinski definition) is 0. The zero-order valence-corrected chi connectivity index (χ0v) is 13.8. The number of allylic oxidation sites excluding steroid dienone is 2. The normalized spacial score (nSPS) is 39.8. The third-order valence-electron chi connectivity index (χ3n) is 7.08. The van der Waals surface area contributed by atoms with Crippen molar-refractivity contribution < 1.29 is 0 Å². The van der Waals surface area contributed by atoms with Crippen LogP contribution in [-0.2, 0) is 6.42 Å². The van der Waals surface area contributed by atoms with E-state index < -0.39 is 0 Å². The van der Waals surface area contributed by atoms with Crippen LogP contribution in [0.2, 0.25) is 0 Å². The van der Waals surface area contributed by atoms with Crippen molar-refractivity contribution in [2.45, 2.75) is 65.2 Å². The molecule has 2 fully saturated rings. The monoisotopic (exact) mass is 280 g/mol. The molecule has 2 saturated carbocycles. The number of aryl methyl sites for hydroxylation is 2. The van der Waals surface area contributed by atoms with E-state index in [1.165, 1.54) is 44.1 Å². The Morgan fingerprint density at radius 3 is 2.81 bits per heavy atom. The van der Waals surface area contributed by atoms with Gasteiger partial charge in [-0.3, -0.25) is 0 Å². The molecule has 0 N–H and O–H groups in total. The molecule has 3 unspecified atom stereocenters. The highest BCUT2D eigenvalue weighted by Gasteiger charge is 2.52. The van der Waals surface area contributed by atoms with Crippen LogP contribution < -0.4 is 0 Å². The summed E-state index contributed by atoms with van der Waals surface area (Å²) >= 11 is 0. The third kappa shape index (κ3) is 1.87. The number of fused-ring (bicyclic) bond motifs is 5. The predicted molar refractivity (Wildman–Crippen MR) is 89.6 cm³/mol. The minimum atomic E-state index is 0.526. The molecule has 1 aromatic carbocycles. The SMILES string of the molecule is C/C=C1/CCC2C3CCc4cc(C)ccc4C3CC[C@]12C. The van der Waals surface area contributed by atoms with Crippen LogP contribution in [0.3, 0.4) is 0 Å². The van der Waals surface area contributed by atoms with Crippen molar-refractivity contribution in [3.8, 4) is 0 Å². The molecule has 0 radical (unpaired) electrons. The molecule has 21 heavy (non-hydrogen) atoms. The van der Waals surface area contributed by atoms with Crippen molar-refractivity contribution in [3.63, 3.8) is 0 Å². The Labute approximate surface area is 129 Å². The quantitative estimate of drug-likeness (QED) is 0.527. The summed E-state index contributed by atoms with van der Waals surface area (Å²) in [5.74, 6) is 2.73. The molecule has 0 bridgehead atoms. The molecule has 0 heterocycles. The predicted octanol–water partition coefficient (Wildman–Crippen LogP) is 5.80. The molecular formula is C21H28. The van der Waals surface area contributed by atoms with Crippen molar-refractivity contribution in [3.05, 3.63) is 46.5 Å². The average Bonchev–Trinajstić information content (AvgIpc) is 2.83. The second-order valence-electron chi connectivity index (χ2n) is 7.93. The lowest BCUT2D eigenvalue weighted by atomic mass is 9.55. The van der Waals surface area contributed by atoms with Crippen molar-refractivity contribution in [2.24, 2.45) is 17.3 Å². The van der Waals surface area contributed by atoms with E-state index in [2.05, 4.69) is 45.0 Å². The van der Waals surface area contributed by atoms with Gasteiger partial charge in [0.25, 0.3) is 0 Å². The highest BCUT2D eigenvalue weighted by molar-refractivity contribution is 5.38. The van der Waals surface area contributed by atoms with Gasteiger partial charge < -0.3 is 0 Å². The molecule has 0 spiro atoms. The molecule has 0 amide bonds. The van der Waals surface area contributed by atoms with Gasteiger partial charge in [0.05, 0.1) is 0 Å². The minimum Gasteiger partial charge on any atom is -0.0879 e. The standard InChI is InChI=1S/C21H28/c1-4-16-7-10-20-19-9-6-15-13-14(2)5-8-17(15)18(19)11-12-21(16,20)3/h4-5,8,13,18-20H,6-7,9-12H2,1-3H3/b16-4-/t18?,19?,20?,21-/m1/s1. The van der Waals surface area contributed by atoms with Crippen LogP contribution >= 0.6 is 0 Å². The van der Waals surface area contributed by atoms with Gasteiger partial charge in [0.1, 0.15) is 0 Å². The van der Waals surface area contributed by atoms with Crippen LogP contribution in [0.1, 0.15) is 68.6 Å². The van der Waals surface area contributed by atoms with Gasteiger partial charge in [-0.05, 0) is 86.7 Å². The first kappa shape index (κ1) is 13.6. The van der Waals surface area contributed by atoms with E-state index in [9.17, 15) is 0 Å². The van der Waals surface area contributed by atoms with Gasteiger partial charge in [0.2, 0.25) is 0 Å². The molecule has 3 aliphatic carbocycles. The summed E-state index contributed by atoms with van der Waals surface area (Å²) in [6.07, 6.45) is 10.8. The first-order chi connectivity index (χ1) is 10.1. The molecule has 4 atom stereocenters. The summed E-state index contributed by atoms with van der Waals surface area (Å²) in [6, 6.07) is 7.24. The molecule has 3 aliphatic rings. The molecule has 0 nitrogen and oxygen atoms in total. The topological polar surface area (TPSA) is 0 Å². The molecule has 0 aliphatic heterocycles. The van der Waals surface area contributed by atoms with Gasteiger partial charge in [-0.2, -0.15) is 0 Å². The second kappa shape index (κ2) is 4.73. The Kier molecular flexibility index (Phi) is 3.07. The summed E-state index contributed by atoms with van der Waals surface area (Å²) in [4.78, 5) is 0. The number of rotatable bonds is 0. The van der Waals surface area contributed by atoms with E-state index in [0.29, 0.717) is 5.41 Å². The molecule has 0 aromatic heterocycles. The van der Waals surface area contributed by atoms with E-state index in [4.69, 9.17) is 0 Å². The lowest BCUT2D eigenvalue weighted by Gasteiger charge is -2.49. The highest BCUT2D eigenvalue weighted by atomic mass is 14.6. The van der Waals surface area contributed by atoms with Crippen molar-refractivity contribution in [1.29, 1.82) is 0 Å². The molecule has 112 valence electrons. The van der Waals surface area contributed by atoms with Crippen LogP contribution in [0, 0.1) is 24.2 Å². The van der Waals surface area contributed by atoms with Crippen molar-refractivity contribution >= 4 is 0 Å². The van der Waals surface area contributed by atoms with Crippen LogP contribution in [0.4, 0.5) is 0 Å². The minimum absolute atomic E-state index is 0.526. The average molecular weight is 280 g/mol. The largest absolute Gasteiger partial charge is 0.0879 e. The summed E-state index contributed by atoms with van der Waals surface area (Å²) in [6.45, 7) is 7.06. The van der Waals surface area contributed by atoms with Crippen LogP contribution in [0.5, 0.6) is 0 Å². The van der Waals surface area contributed by atoms with Gasteiger partial charge >= 0.3 is 0 Å². The third-order valence-corrected chi connectivity index (χ3v) is 7.08. The molecular weight excluding hydrogens is 252 g/mol. The van der Waals surface area contributed by atoms with E-state index in [0.717, 1.165) is 17.8 Å². The summed E-state index contributed by atoms with van der Waals surface area (Å²) in [7, 11) is 0. The van der Waals surface area contributed by atoms with Gasteiger partial charge in [-0.15, -0.1) is 0 Å². The van der Waals surface area contributed by atoms with E-state index in [1.54, 1.807) is 16.7 Å². The lowest BCUT2D eigenvalue weighted by molar-refractivity contribution is 0.0813. The molecule has 1 aromatic rings. The van der Waals surface area contributed by atoms with Gasteiger partial charge in [0.15, 0.2) is 0 Å². The zero-order valence-electron chi connectivity index (χ0n) is 13.8. The summed E-state index contributed by atoms with van der Waals surface area (Å²) < 4.78 is 0. The Bertz CT molecular complexity index is 594. The lowest BCUT2D eigenvalue weighted by Crippen LogP contribution is -2.40. The second-order valence-corrected chi connectivity index (χ2v) is 7.93. The fourth-order valence-electron chi connectivity index (χ4n) is 6.03. The van der Waals surface area contributed by atoms with Crippen LogP contribution in [0.15, 0.2) is 29.8 Å². The van der Waals surface area contributed by atoms with Crippen molar-refractivity contribution in [2.75, 3.05) is 0 Å². The molecule has 4 rings (SSSR count). The fraction of sp³-hybridized carbons (Fsp3) is 0.619. The maximum Gasteiger partial charge on any atom is -0.00851 e. The Balaban J connectivity index is 1.72. The van der Waals surface area contributed by atoms with Gasteiger partial charge in [-0.25, -0.2) is 0 Å². The first-order valence-electron chi connectivity index (χ1n) is 8.88. The zero-order chi connectivity index (χ0) is 14.6. The van der Waals surface area contributed by atoms with Gasteiger partial charge in [-0.1, -0.05) is 42.3 Å². The van der Waals surface area contributed by atoms with Crippen molar-refractivity contribution in [1.82, 2.24) is 0 Å². The van der Waals surface area contributed by atoms with E-state index in [1.807, 2.05) is 0 Å². The number of benzene rings is 1. The van der Waals surface area contributed by atoms with E-state index >= 15 is 0 Å². The summed E-state index contributed by atoms with van der Waals surface area (Å²) in [5, 5.41) is 0. The van der Waals surface area contributed by atoms with Crippen LogP contribution in [0.25, 0.3) is 0 Å². The van der Waals surface area contributed by atoms with Gasteiger partial charge in [0, 0.05) is 0 Å². The fourth-order valence-corrected chi connectivity index (χ4v) is 6.03. The maximum absolute atomic E-state index is 2.57. The Hall–Kier alpha value is -1.04. The Morgan fingerprint density at radius 1 is 1.14 bits per heavy atom. The molecule has 0 heteroatoms. The highest BCUT2D eigenvalue weighted by Crippen LogP contribution is 2.62. The smallest absolute Gasteiger partial charge is 0.00851 e. The first-order valence-corrected chi connectivity index (χ1v) is 8.88. The number of hydrogen-bond acceptors (Lipinski definition) is 0. The Morgan fingerprint density at radius 2 is 2.00 bits per heavy atom. The maximum atomic E-state index is 2.57.